The maximum absolute atomic E-state index is 8.88. The lowest BCUT2D eigenvalue weighted by Gasteiger charge is -2.34. The van der Waals surface area contributed by atoms with Gasteiger partial charge in [-0.1, -0.05) is 0 Å². The number of rotatable bonds is 1. The molecular weight excluding hydrogens is 190 g/mol. The second-order valence-electron chi connectivity index (χ2n) is 3.80. The van der Waals surface area contributed by atoms with E-state index in [0.717, 1.165) is 19.0 Å². The van der Waals surface area contributed by atoms with E-state index in [-0.39, 0.29) is 0 Å². The van der Waals surface area contributed by atoms with Crippen molar-refractivity contribution in [1.82, 2.24) is 9.97 Å². The molecule has 1 aromatic rings. The highest BCUT2D eigenvalue weighted by atomic mass is 15.3. The number of nitrogens with zero attached hydrogens (tertiary/aromatic N) is 4. The molecule has 0 atom stereocenters. The summed E-state index contributed by atoms with van der Waals surface area (Å²) in [5.74, 6) is 0.720. The third kappa shape index (κ3) is 2.05. The third-order valence-electron chi connectivity index (χ3n) is 2.71. The van der Waals surface area contributed by atoms with Crippen LogP contribution in [0.3, 0.4) is 0 Å². The standard InChI is InChI=1S/C10H13N5/c11-8-10(12)2-6-15(7-3-10)9-13-4-1-5-14-9/h1,4-5H,2-3,6-7,12H2. The molecule has 1 aromatic heterocycles. The molecule has 5 heteroatoms. The van der Waals surface area contributed by atoms with E-state index in [0.29, 0.717) is 12.8 Å². The van der Waals surface area contributed by atoms with E-state index >= 15 is 0 Å². The first-order chi connectivity index (χ1) is 7.23. The second-order valence-corrected chi connectivity index (χ2v) is 3.80. The summed E-state index contributed by atoms with van der Waals surface area (Å²) in [4.78, 5) is 10.4. The van der Waals surface area contributed by atoms with Crippen LogP contribution in [0.4, 0.5) is 5.95 Å². The van der Waals surface area contributed by atoms with Crippen LogP contribution >= 0.6 is 0 Å². The van der Waals surface area contributed by atoms with Gasteiger partial charge >= 0.3 is 0 Å². The molecule has 0 amide bonds. The van der Waals surface area contributed by atoms with Crippen LogP contribution in [-0.4, -0.2) is 28.6 Å². The maximum atomic E-state index is 8.88. The summed E-state index contributed by atoms with van der Waals surface area (Å²) in [6.45, 7) is 1.49. The molecule has 5 nitrogen and oxygen atoms in total. The van der Waals surface area contributed by atoms with Crippen molar-refractivity contribution in [3.8, 4) is 6.07 Å². The summed E-state index contributed by atoms with van der Waals surface area (Å²) in [6, 6.07) is 3.95. The molecule has 2 heterocycles. The van der Waals surface area contributed by atoms with Gasteiger partial charge in [0.25, 0.3) is 0 Å². The van der Waals surface area contributed by atoms with Gasteiger partial charge in [0.1, 0.15) is 5.54 Å². The topological polar surface area (TPSA) is 78.8 Å². The molecule has 2 N–H and O–H groups in total. The number of nitrogens with two attached hydrogens (primary N) is 1. The molecule has 0 aromatic carbocycles. The Morgan fingerprint density at radius 3 is 2.47 bits per heavy atom. The van der Waals surface area contributed by atoms with Crippen molar-refractivity contribution in [2.75, 3.05) is 18.0 Å². The van der Waals surface area contributed by atoms with Crippen LogP contribution in [0.2, 0.25) is 0 Å². The van der Waals surface area contributed by atoms with Crippen LogP contribution in [0.5, 0.6) is 0 Å². The van der Waals surface area contributed by atoms with Gasteiger partial charge in [-0.2, -0.15) is 5.26 Å². The molecule has 1 aliphatic heterocycles. The van der Waals surface area contributed by atoms with Crippen LogP contribution in [-0.2, 0) is 0 Å². The fourth-order valence-corrected chi connectivity index (χ4v) is 1.67. The molecule has 1 aliphatic rings. The Hall–Kier alpha value is -1.67. The predicted octanol–water partition coefficient (Wildman–Crippen LogP) is 0.298. The molecule has 0 radical (unpaired) electrons. The van der Waals surface area contributed by atoms with Crippen molar-refractivity contribution in [2.45, 2.75) is 18.4 Å². The fraction of sp³-hybridized carbons (Fsp3) is 0.500. The molecule has 1 saturated heterocycles. The Bertz CT molecular complexity index is 361. The van der Waals surface area contributed by atoms with Crippen molar-refractivity contribution < 1.29 is 0 Å². The van der Waals surface area contributed by atoms with Gasteiger partial charge in [-0.05, 0) is 18.9 Å². The number of hydrogen-bond donors (Lipinski definition) is 1. The normalized spacial score (nSPS) is 19.6. The van der Waals surface area contributed by atoms with Gasteiger partial charge in [0, 0.05) is 25.5 Å². The Morgan fingerprint density at radius 2 is 1.93 bits per heavy atom. The van der Waals surface area contributed by atoms with Crippen LogP contribution < -0.4 is 10.6 Å². The summed E-state index contributed by atoms with van der Waals surface area (Å²) in [7, 11) is 0. The van der Waals surface area contributed by atoms with Crippen molar-refractivity contribution >= 4 is 5.95 Å². The summed E-state index contributed by atoms with van der Waals surface area (Å²) in [6.07, 6.45) is 4.78. The Balaban J connectivity index is 2.04. The predicted molar refractivity (Wildman–Crippen MR) is 56.0 cm³/mol. The van der Waals surface area contributed by atoms with E-state index in [2.05, 4.69) is 20.9 Å². The average Bonchev–Trinajstić information content (AvgIpc) is 2.31. The molecule has 15 heavy (non-hydrogen) atoms. The number of anilines is 1. The van der Waals surface area contributed by atoms with Crippen LogP contribution in [0.25, 0.3) is 0 Å². The number of piperidine rings is 1. The highest BCUT2D eigenvalue weighted by Crippen LogP contribution is 2.21. The summed E-state index contributed by atoms with van der Waals surface area (Å²) < 4.78 is 0. The molecule has 0 saturated carbocycles. The minimum Gasteiger partial charge on any atom is -0.341 e. The molecule has 0 spiro atoms. The molecule has 0 unspecified atom stereocenters. The molecule has 0 aliphatic carbocycles. The minimum absolute atomic E-state index is 0.661. The monoisotopic (exact) mass is 203 g/mol. The highest BCUT2D eigenvalue weighted by molar-refractivity contribution is 5.31. The summed E-state index contributed by atoms with van der Waals surface area (Å²) in [5.41, 5.74) is 5.21. The quantitative estimate of drug-likeness (QED) is 0.710. The number of hydrogen-bond acceptors (Lipinski definition) is 5. The van der Waals surface area contributed by atoms with E-state index in [1.54, 1.807) is 18.5 Å². The number of nitriles is 1. The van der Waals surface area contributed by atoms with Gasteiger partial charge in [0.2, 0.25) is 5.95 Å². The fourth-order valence-electron chi connectivity index (χ4n) is 1.67. The lowest BCUT2D eigenvalue weighted by molar-refractivity contribution is 0.412. The van der Waals surface area contributed by atoms with Gasteiger partial charge in [-0.25, -0.2) is 9.97 Å². The van der Waals surface area contributed by atoms with Crippen LogP contribution in [0.1, 0.15) is 12.8 Å². The van der Waals surface area contributed by atoms with Crippen molar-refractivity contribution in [2.24, 2.45) is 5.73 Å². The van der Waals surface area contributed by atoms with Crippen molar-refractivity contribution in [1.29, 1.82) is 5.26 Å². The summed E-state index contributed by atoms with van der Waals surface area (Å²) in [5, 5.41) is 8.88. The first-order valence-corrected chi connectivity index (χ1v) is 4.96. The van der Waals surface area contributed by atoms with E-state index < -0.39 is 5.54 Å². The lowest BCUT2D eigenvalue weighted by Crippen LogP contribution is -2.49. The van der Waals surface area contributed by atoms with Crippen LogP contribution in [0, 0.1) is 11.3 Å². The zero-order valence-corrected chi connectivity index (χ0v) is 8.43. The first-order valence-electron chi connectivity index (χ1n) is 4.96. The molecule has 78 valence electrons. The van der Waals surface area contributed by atoms with Gasteiger partial charge in [-0.3, -0.25) is 0 Å². The van der Waals surface area contributed by atoms with Crippen molar-refractivity contribution in [3.63, 3.8) is 0 Å². The average molecular weight is 203 g/mol. The van der Waals surface area contributed by atoms with E-state index in [4.69, 9.17) is 11.0 Å². The lowest BCUT2D eigenvalue weighted by atomic mass is 9.90. The van der Waals surface area contributed by atoms with Crippen LogP contribution in [0.15, 0.2) is 18.5 Å². The second kappa shape index (κ2) is 3.83. The zero-order chi connectivity index (χ0) is 10.7. The first kappa shape index (κ1) is 9.87. The smallest absolute Gasteiger partial charge is 0.225 e. The van der Waals surface area contributed by atoms with Gasteiger partial charge in [0.15, 0.2) is 0 Å². The Morgan fingerprint density at radius 1 is 1.33 bits per heavy atom. The van der Waals surface area contributed by atoms with Crippen molar-refractivity contribution in [3.05, 3.63) is 18.5 Å². The zero-order valence-electron chi connectivity index (χ0n) is 8.43. The molecule has 0 bridgehead atoms. The Kier molecular flexibility index (Phi) is 2.52. The molecule has 1 fully saturated rings. The van der Waals surface area contributed by atoms with Gasteiger partial charge in [0.05, 0.1) is 6.07 Å². The molecule has 2 rings (SSSR count). The van der Waals surface area contributed by atoms with E-state index in [9.17, 15) is 0 Å². The SMILES string of the molecule is N#CC1(N)CCN(c2ncccn2)CC1. The highest BCUT2D eigenvalue weighted by Gasteiger charge is 2.31. The Labute approximate surface area is 88.5 Å². The largest absolute Gasteiger partial charge is 0.341 e. The molecular formula is C10H13N5. The third-order valence-corrected chi connectivity index (χ3v) is 2.71. The maximum Gasteiger partial charge on any atom is 0.225 e. The van der Waals surface area contributed by atoms with E-state index in [1.807, 2.05) is 0 Å². The number of aromatic nitrogens is 2. The summed E-state index contributed by atoms with van der Waals surface area (Å²) >= 11 is 0. The van der Waals surface area contributed by atoms with Gasteiger partial charge in [-0.15, -0.1) is 0 Å². The van der Waals surface area contributed by atoms with Gasteiger partial charge < -0.3 is 10.6 Å². The van der Waals surface area contributed by atoms with E-state index in [1.165, 1.54) is 0 Å². The minimum atomic E-state index is -0.661.